The van der Waals surface area contributed by atoms with Gasteiger partial charge >= 0.3 is 0 Å². The molecule has 1 aliphatic rings. The summed E-state index contributed by atoms with van der Waals surface area (Å²) in [4.78, 5) is 25.8. The van der Waals surface area contributed by atoms with Gasteiger partial charge in [0.2, 0.25) is 5.91 Å². The zero-order chi connectivity index (χ0) is 15.7. The Labute approximate surface area is 128 Å². The molecule has 3 rings (SSSR count). The molecule has 1 fully saturated rings. The molecule has 0 aliphatic carbocycles. The summed E-state index contributed by atoms with van der Waals surface area (Å²) in [6.07, 6.45) is 1.45. The van der Waals surface area contributed by atoms with Crippen molar-refractivity contribution in [2.24, 2.45) is 0 Å². The van der Waals surface area contributed by atoms with E-state index in [1.807, 2.05) is 25.1 Å². The van der Waals surface area contributed by atoms with E-state index in [0.29, 0.717) is 17.9 Å². The predicted octanol–water partition coefficient (Wildman–Crippen LogP) is 2.67. The molecule has 1 aliphatic heterocycles. The fraction of sp³-hybridized carbons (Fsp3) is 0.312. The zero-order valence-corrected chi connectivity index (χ0v) is 12.5. The van der Waals surface area contributed by atoms with E-state index in [2.05, 4.69) is 10.5 Å². The summed E-state index contributed by atoms with van der Waals surface area (Å²) in [5, 5.41) is 6.47. The number of amides is 2. The van der Waals surface area contributed by atoms with Crippen molar-refractivity contribution in [3.63, 3.8) is 0 Å². The summed E-state index contributed by atoms with van der Waals surface area (Å²) in [7, 11) is 0. The number of anilines is 2. The highest BCUT2D eigenvalue weighted by Crippen LogP contribution is 2.28. The second-order valence-corrected chi connectivity index (χ2v) is 5.43. The van der Waals surface area contributed by atoms with Crippen molar-refractivity contribution in [3.8, 4) is 0 Å². The molecular weight excluding hydrogens is 282 g/mol. The molecule has 0 radical (unpaired) electrons. The van der Waals surface area contributed by atoms with E-state index >= 15 is 0 Å². The molecule has 2 aromatic rings. The van der Waals surface area contributed by atoms with Crippen LogP contribution in [0, 0.1) is 13.8 Å². The molecule has 0 bridgehead atoms. The van der Waals surface area contributed by atoms with Gasteiger partial charge in [0.05, 0.1) is 0 Å². The number of hydrogen-bond acceptors (Lipinski definition) is 4. The Morgan fingerprint density at radius 3 is 2.77 bits per heavy atom. The molecular formula is C16H17N3O3. The number of nitrogens with zero attached hydrogens (tertiary/aromatic N) is 2. The lowest BCUT2D eigenvalue weighted by molar-refractivity contribution is -0.117. The SMILES string of the molecule is Cc1cc(C(=O)Nc2ccc(C)c(N3CCCC3=O)c2)no1. The molecule has 1 saturated heterocycles. The molecule has 0 unspecified atom stereocenters. The number of benzene rings is 1. The maximum atomic E-state index is 12.1. The first-order valence-electron chi connectivity index (χ1n) is 7.20. The third-order valence-electron chi connectivity index (χ3n) is 3.69. The molecule has 2 amide bonds. The maximum Gasteiger partial charge on any atom is 0.277 e. The summed E-state index contributed by atoms with van der Waals surface area (Å²) in [6, 6.07) is 7.10. The van der Waals surface area contributed by atoms with Gasteiger partial charge < -0.3 is 14.7 Å². The van der Waals surface area contributed by atoms with Crippen LogP contribution in [0.3, 0.4) is 0 Å². The number of aromatic nitrogens is 1. The number of nitrogens with one attached hydrogen (secondary N) is 1. The van der Waals surface area contributed by atoms with Crippen LogP contribution in [0.5, 0.6) is 0 Å². The van der Waals surface area contributed by atoms with E-state index in [4.69, 9.17) is 4.52 Å². The molecule has 1 N–H and O–H groups in total. The number of carbonyl (C=O) groups is 2. The van der Waals surface area contributed by atoms with Crippen LogP contribution in [0.2, 0.25) is 0 Å². The monoisotopic (exact) mass is 299 g/mol. The Kier molecular flexibility index (Phi) is 3.66. The van der Waals surface area contributed by atoms with Crippen LogP contribution in [-0.4, -0.2) is 23.5 Å². The fourth-order valence-corrected chi connectivity index (χ4v) is 2.55. The molecule has 22 heavy (non-hydrogen) atoms. The standard InChI is InChI=1S/C16H17N3O3/c1-10-5-6-12(9-14(10)19-7-3-4-15(19)20)17-16(21)13-8-11(2)22-18-13/h5-6,8-9H,3-4,7H2,1-2H3,(H,17,21). The minimum atomic E-state index is -0.334. The third kappa shape index (κ3) is 2.72. The predicted molar refractivity (Wildman–Crippen MR) is 82.0 cm³/mol. The van der Waals surface area contributed by atoms with Crippen LogP contribution < -0.4 is 10.2 Å². The van der Waals surface area contributed by atoms with Crippen molar-refractivity contribution < 1.29 is 14.1 Å². The van der Waals surface area contributed by atoms with Crippen LogP contribution in [0.4, 0.5) is 11.4 Å². The Bertz CT molecular complexity index is 736. The highest BCUT2D eigenvalue weighted by molar-refractivity contribution is 6.03. The second-order valence-electron chi connectivity index (χ2n) is 5.43. The zero-order valence-electron chi connectivity index (χ0n) is 12.5. The van der Waals surface area contributed by atoms with Crippen LogP contribution in [0.15, 0.2) is 28.8 Å². The summed E-state index contributed by atoms with van der Waals surface area (Å²) < 4.78 is 4.90. The van der Waals surface area contributed by atoms with E-state index in [1.165, 1.54) is 0 Å². The highest BCUT2D eigenvalue weighted by atomic mass is 16.5. The van der Waals surface area contributed by atoms with Crippen molar-refractivity contribution in [1.82, 2.24) is 5.16 Å². The molecule has 6 nitrogen and oxygen atoms in total. The normalized spacial score (nSPS) is 14.5. The van der Waals surface area contributed by atoms with Crippen molar-refractivity contribution >= 4 is 23.2 Å². The van der Waals surface area contributed by atoms with E-state index in [-0.39, 0.29) is 17.5 Å². The Hall–Kier alpha value is -2.63. The van der Waals surface area contributed by atoms with Gasteiger partial charge in [-0.1, -0.05) is 11.2 Å². The van der Waals surface area contributed by atoms with Crippen molar-refractivity contribution in [1.29, 1.82) is 0 Å². The molecule has 1 aromatic carbocycles. The van der Waals surface area contributed by atoms with Crippen LogP contribution in [0.25, 0.3) is 0 Å². The van der Waals surface area contributed by atoms with Gasteiger partial charge in [0.25, 0.3) is 5.91 Å². The average Bonchev–Trinajstić information content (AvgIpc) is 3.10. The lowest BCUT2D eigenvalue weighted by Crippen LogP contribution is -2.24. The van der Waals surface area contributed by atoms with E-state index in [9.17, 15) is 9.59 Å². The quantitative estimate of drug-likeness (QED) is 0.945. The molecule has 2 heterocycles. The van der Waals surface area contributed by atoms with E-state index in [1.54, 1.807) is 17.9 Å². The Morgan fingerprint density at radius 2 is 2.14 bits per heavy atom. The van der Waals surface area contributed by atoms with Crippen molar-refractivity contribution in [2.45, 2.75) is 26.7 Å². The first-order valence-corrected chi connectivity index (χ1v) is 7.20. The van der Waals surface area contributed by atoms with Gasteiger partial charge in [-0.2, -0.15) is 0 Å². The van der Waals surface area contributed by atoms with Crippen LogP contribution >= 0.6 is 0 Å². The van der Waals surface area contributed by atoms with E-state index in [0.717, 1.165) is 24.2 Å². The van der Waals surface area contributed by atoms with Gasteiger partial charge in [-0.05, 0) is 38.0 Å². The van der Waals surface area contributed by atoms with Gasteiger partial charge in [0.1, 0.15) is 5.76 Å². The summed E-state index contributed by atoms with van der Waals surface area (Å²) in [6.45, 7) is 4.40. The second kappa shape index (κ2) is 5.63. The molecule has 0 atom stereocenters. The topological polar surface area (TPSA) is 75.4 Å². The highest BCUT2D eigenvalue weighted by Gasteiger charge is 2.23. The first-order chi connectivity index (χ1) is 10.5. The molecule has 0 spiro atoms. The molecule has 0 saturated carbocycles. The van der Waals surface area contributed by atoms with Crippen molar-refractivity contribution in [3.05, 3.63) is 41.3 Å². The first kappa shape index (κ1) is 14.3. The van der Waals surface area contributed by atoms with Gasteiger partial charge in [0.15, 0.2) is 5.69 Å². The average molecular weight is 299 g/mol. The van der Waals surface area contributed by atoms with Crippen molar-refractivity contribution in [2.75, 3.05) is 16.8 Å². The minimum absolute atomic E-state index is 0.124. The van der Waals surface area contributed by atoms with Crippen LogP contribution in [0.1, 0.15) is 34.7 Å². The maximum absolute atomic E-state index is 12.1. The number of carbonyl (C=O) groups excluding carboxylic acids is 2. The third-order valence-corrected chi connectivity index (χ3v) is 3.69. The van der Waals surface area contributed by atoms with Gasteiger partial charge in [0, 0.05) is 30.4 Å². The summed E-state index contributed by atoms with van der Waals surface area (Å²) >= 11 is 0. The lowest BCUT2D eigenvalue weighted by Gasteiger charge is -2.19. The number of hydrogen-bond donors (Lipinski definition) is 1. The number of rotatable bonds is 3. The number of aryl methyl sites for hydroxylation is 2. The van der Waals surface area contributed by atoms with Crippen LogP contribution in [-0.2, 0) is 4.79 Å². The van der Waals surface area contributed by atoms with Gasteiger partial charge in [-0.25, -0.2) is 0 Å². The molecule has 6 heteroatoms. The summed E-state index contributed by atoms with van der Waals surface area (Å²) in [5.74, 6) is 0.371. The molecule has 114 valence electrons. The summed E-state index contributed by atoms with van der Waals surface area (Å²) in [5.41, 5.74) is 2.71. The lowest BCUT2D eigenvalue weighted by atomic mass is 10.1. The molecule has 1 aromatic heterocycles. The van der Waals surface area contributed by atoms with Gasteiger partial charge in [-0.3, -0.25) is 9.59 Å². The Morgan fingerprint density at radius 1 is 1.32 bits per heavy atom. The van der Waals surface area contributed by atoms with Gasteiger partial charge in [-0.15, -0.1) is 0 Å². The smallest absolute Gasteiger partial charge is 0.277 e. The largest absolute Gasteiger partial charge is 0.361 e. The Balaban J connectivity index is 1.83. The minimum Gasteiger partial charge on any atom is -0.361 e. The van der Waals surface area contributed by atoms with E-state index < -0.39 is 0 Å². The fourth-order valence-electron chi connectivity index (χ4n) is 2.55.